The topological polar surface area (TPSA) is 195 Å². The molecule has 1 aliphatic rings. The Balaban J connectivity index is 2.08. The SMILES string of the molecule is N#CCO/N=C(\C(=O)NC1C(=O)NC1COC(N)=O)c1csc(N)n1. The second-order valence-corrected chi connectivity index (χ2v) is 5.53. The highest BCUT2D eigenvalue weighted by Crippen LogP contribution is 2.13. The van der Waals surface area contributed by atoms with Crippen molar-refractivity contribution < 1.29 is 24.0 Å². The molecule has 13 heteroatoms. The van der Waals surface area contributed by atoms with E-state index in [1.807, 2.05) is 0 Å². The number of rotatable bonds is 7. The first-order valence-corrected chi connectivity index (χ1v) is 7.62. The van der Waals surface area contributed by atoms with Gasteiger partial charge in [-0.1, -0.05) is 5.16 Å². The number of primary amides is 1. The summed E-state index contributed by atoms with van der Waals surface area (Å²) in [4.78, 5) is 43.2. The van der Waals surface area contributed by atoms with E-state index in [1.165, 1.54) is 5.38 Å². The Kier molecular flexibility index (Phi) is 5.69. The van der Waals surface area contributed by atoms with Crippen molar-refractivity contribution in [3.05, 3.63) is 11.1 Å². The van der Waals surface area contributed by atoms with Gasteiger partial charge >= 0.3 is 6.09 Å². The van der Waals surface area contributed by atoms with Crippen molar-refractivity contribution in [1.82, 2.24) is 15.6 Å². The number of nitriles is 1. The number of hydrogen-bond acceptors (Lipinski definition) is 10. The highest BCUT2D eigenvalue weighted by molar-refractivity contribution is 7.13. The van der Waals surface area contributed by atoms with E-state index in [2.05, 4.69) is 25.5 Å². The summed E-state index contributed by atoms with van der Waals surface area (Å²) in [6.07, 6.45) is -1.00. The largest absolute Gasteiger partial charge is 0.447 e. The van der Waals surface area contributed by atoms with Crippen molar-refractivity contribution in [2.45, 2.75) is 12.1 Å². The molecule has 12 nitrogen and oxygen atoms in total. The van der Waals surface area contributed by atoms with Gasteiger partial charge in [-0.15, -0.1) is 11.3 Å². The lowest BCUT2D eigenvalue weighted by Gasteiger charge is -2.36. The van der Waals surface area contributed by atoms with Gasteiger partial charge in [0.2, 0.25) is 12.5 Å². The van der Waals surface area contributed by atoms with Gasteiger partial charge in [0.25, 0.3) is 5.91 Å². The Labute approximate surface area is 144 Å². The summed E-state index contributed by atoms with van der Waals surface area (Å²) < 4.78 is 4.59. The highest BCUT2D eigenvalue weighted by atomic mass is 32.1. The number of ether oxygens (including phenoxy) is 1. The summed E-state index contributed by atoms with van der Waals surface area (Å²) in [5, 5.41) is 18.6. The summed E-state index contributed by atoms with van der Waals surface area (Å²) in [6, 6.07) is 0.107. The number of nitrogens with zero attached hydrogens (tertiary/aromatic N) is 3. The number of oxime groups is 1. The number of β-lactam (4-membered cyclic amide) rings is 1. The summed E-state index contributed by atoms with van der Waals surface area (Å²) in [7, 11) is 0. The first-order valence-electron chi connectivity index (χ1n) is 6.74. The minimum absolute atomic E-state index is 0.127. The molecule has 2 heterocycles. The van der Waals surface area contributed by atoms with Crippen LogP contribution in [0.4, 0.5) is 9.93 Å². The van der Waals surface area contributed by atoms with E-state index in [0.717, 1.165) is 11.3 Å². The predicted molar refractivity (Wildman–Crippen MR) is 84.0 cm³/mol. The van der Waals surface area contributed by atoms with E-state index < -0.39 is 30.0 Å². The van der Waals surface area contributed by atoms with Crippen LogP contribution >= 0.6 is 11.3 Å². The third kappa shape index (κ3) is 4.54. The summed E-state index contributed by atoms with van der Waals surface area (Å²) in [5.74, 6) is -1.24. The molecule has 25 heavy (non-hydrogen) atoms. The van der Waals surface area contributed by atoms with Gasteiger partial charge in [0.1, 0.15) is 24.4 Å². The molecule has 2 unspecified atom stereocenters. The predicted octanol–water partition coefficient (Wildman–Crippen LogP) is -1.95. The van der Waals surface area contributed by atoms with E-state index in [-0.39, 0.29) is 29.8 Å². The number of amides is 3. The van der Waals surface area contributed by atoms with E-state index in [4.69, 9.17) is 21.6 Å². The molecule has 1 fully saturated rings. The lowest BCUT2D eigenvalue weighted by molar-refractivity contribution is -0.135. The van der Waals surface area contributed by atoms with Crippen molar-refractivity contribution in [2.75, 3.05) is 18.9 Å². The Bertz CT molecular complexity index is 755. The number of carbonyl (C=O) groups excluding carboxylic acids is 3. The fraction of sp³-hybridized carbons (Fsp3) is 0.333. The van der Waals surface area contributed by atoms with Crippen LogP contribution in [-0.4, -0.2) is 53.9 Å². The highest BCUT2D eigenvalue weighted by Gasteiger charge is 2.42. The second-order valence-electron chi connectivity index (χ2n) is 4.64. The molecule has 2 rings (SSSR count). The molecule has 1 saturated heterocycles. The molecule has 1 aromatic heterocycles. The van der Waals surface area contributed by atoms with Crippen molar-refractivity contribution in [3.8, 4) is 6.07 Å². The lowest BCUT2D eigenvalue weighted by atomic mass is 9.99. The van der Waals surface area contributed by atoms with Gasteiger partial charge in [0.05, 0.1) is 6.04 Å². The van der Waals surface area contributed by atoms with Gasteiger partial charge in [-0.25, -0.2) is 9.78 Å². The van der Waals surface area contributed by atoms with Gasteiger partial charge < -0.3 is 31.7 Å². The van der Waals surface area contributed by atoms with Crippen LogP contribution in [0.3, 0.4) is 0 Å². The van der Waals surface area contributed by atoms with Gasteiger partial charge in [0, 0.05) is 5.38 Å². The quantitative estimate of drug-likeness (QED) is 0.184. The Morgan fingerprint density at radius 3 is 2.88 bits per heavy atom. The number of thiazole rings is 1. The van der Waals surface area contributed by atoms with Gasteiger partial charge in [-0.05, 0) is 0 Å². The van der Waals surface area contributed by atoms with Crippen molar-refractivity contribution in [2.24, 2.45) is 10.9 Å². The van der Waals surface area contributed by atoms with Crippen LogP contribution in [0.25, 0.3) is 0 Å². The van der Waals surface area contributed by atoms with Crippen LogP contribution in [0.5, 0.6) is 0 Å². The first-order chi connectivity index (χ1) is 11.9. The maximum Gasteiger partial charge on any atom is 0.404 e. The van der Waals surface area contributed by atoms with E-state index in [1.54, 1.807) is 6.07 Å². The van der Waals surface area contributed by atoms with Gasteiger partial charge in [-0.2, -0.15) is 5.26 Å². The Morgan fingerprint density at radius 1 is 1.56 bits per heavy atom. The molecule has 0 saturated carbocycles. The summed E-state index contributed by atoms with van der Waals surface area (Å²) in [6.45, 7) is -0.581. The average Bonchev–Trinajstić information content (AvgIpc) is 2.98. The maximum atomic E-state index is 12.4. The molecular formula is C12H13N7O5S. The van der Waals surface area contributed by atoms with Crippen LogP contribution < -0.4 is 22.1 Å². The van der Waals surface area contributed by atoms with Crippen LogP contribution in [-0.2, 0) is 19.2 Å². The van der Waals surface area contributed by atoms with Gasteiger partial charge in [0.15, 0.2) is 10.8 Å². The Hall–Kier alpha value is -3.40. The van der Waals surface area contributed by atoms with Crippen LogP contribution in [0, 0.1) is 11.3 Å². The second kappa shape index (κ2) is 7.93. The fourth-order valence-corrected chi connectivity index (χ4v) is 2.40. The van der Waals surface area contributed by atoms with Crippen molar-refractivity contribution in [1.29, 1.82) is 5.26 Å². The van der Waals surface area contributed by atoms with Gasteiger partial charge in [-0.3, -0.25) is 9.59 Å². The zero-order valence-electron chi connectivity index (χ0n) is 12.6. The number of nitrogens with one attached hydrogen (secondary N) is 2. The van der Waals surface area contributed by atoms with Crippen molar-refractivity contribution in [3.63, 3.8) is 0 Å². The van der Waals surface area contributed by atoms with E-state index in [9.17, 15) is 14.4 Å². The van der Waals surface area contributed by atoms with E-state index >= 15 is 0 Å². The zero-order valence-corrected chi connectivity index (χ0v) is 13.4. The molecule has 1 aromatic rings. The third-order valence-electron chi connectivity index (χ3n) is 2.97. The van der Waals surface area contributed by atoms with Crippen LogP contribution in [0.2, 0.25) is 0 Å². The minimum atomic E-state index is -1.00. The molecule has 0 radical (unpaired) electrons. The normalized spacial score (nSPS) is 19.2. The average molecular weight is 367 g/mol. The summed E-state index contributed by atoms with van der Waals surface area (Å²) >= 11 is 1.08. The number of nitrogen functional groups attached to an aromatic ring is 1. The molecule has 1 aliphatic heterocycles. The number of nitrogens with two attached hydrogens (primary N) is 2. The monoisotopic (exact) mass is 367 g/mol. The number of aromatic nitrogens is 1. The van der Waals surface area contributed by atoms with E-state index in [0.29, 0.717) is 0 Å². The van der Waals surface area contributed by atoms with Crippen LogP contribution in [0.15, 0.2) is 10.5 Å². The molecular weight excluding hydrogens is 354 g/mol. The molecule has 2 atom stereocenters. The smallest absolute Gasteiger partial charge is 0.404 e. The molecule has 0 aliphatic carbocycles. The standard InChI is InChI=1S/C12H13N7O5S/c13-1-2-24-19-8(6-4-25-11(14)17-6)10(21)18-7-5(16-9(7)20)3-23-12(15)22/h4-5,7H,2-3H2,(H2,14,17)(H2,15,22)(H,16,20)(H,18,21)/b19-8-. The molecule has 3 amide bonds. The molecule has 132 valence electrons. The van der Waals surface area contributed by atoms with Crippen LogP contribution in [0.1, 0.15) is 5.69 Å². The minimum Gasteiger partial charge on any atom is -0.447 e. The molecule has 0 bridgehead atoms. The molecule has 0 spiro atoms. The summed E-state index contributed by atoms with van der Waals surface area (Å²) in [5.41, 5.74) is 10.3. The number of hydrogen-bond donors (Lipinski definition) is 4. The zero-order chi connectivity index (χ0) is 18.4. The van der Waals surface area contributed by atoms with Crippen molar-refractivity contribution >= 4 is 40.1 Å². The molecule has 6 N–H and O–H groups in total. The number of carbonyl (C=O) groups is 3. The molecule has 0 aromatic carbocycles. The third-order valence-corrected chi connectivity index (χ3v) is 3.64. The lowest BCUT2D eigenvalue weighted by Crippen LogP contribution is -2.71. The Morgan fingerprint density at radius 2 is 2.32 bits per heavy atom. The number of anilines is 1. The fourth-order valence-electron chi connectivity index (χ4n) is 1.85. The maximum absolute atomic E-state index is 12.4. The first kappa shape index (κ1) is 17.9.